The molecule has 30 heavy (non-hydrogen) atoms. The van der Waals surface area contributed by atoms with E-state index in [2.05, 4.69) is 15.5 Å². The Balaban J connectivity index is 1.55. The molecule has 2 aromatic heterocycles. The standard InChI is InChI=1S/C20H18ClF3N4O2/c1-12-2-4-13(5-3-12)16(29)6-7-18(30)25-9-8-17-26-27-19-15(20(22,23)24)10-14(21)11-28(17)19/h2-5,10-11H,6-9H2,1H3,(H,25,30). The predicted molar refractivity (Wildman–Crippen MR) is 104 cm³/mol. The topological polar surface area (TPSA) is 76.4 Å². The average molecular weight is 439 g/mol. The number of aryl methyl sites for hydroxylation is 1. The van der Waals surface area contributed by atoms with Crippen LogP contribution < -0.4 is 5.32 Å². The molecule has 0 bridgehead atoms. The summed E-state index contributed by atoms with van der Waals surface area (Å²) in [5.74, 6) is -0.241. The molecule has 0 aliphatic rings. The lowest BCUT2D eigenvalue weighted by Crippen LogP contribution is -2.26. The fraction of sp³-hybridized carbons (Fsp3) is 0.300. The number of hydrogen-bond donors (Lipinski definition) is 1. The molecular weight excluding hydrogens is 421 g/mol. The van der Waals surface area contributed by atoms with Gasteiger partial charge in [0.1, 0.15) is 11.4 Å². The molecule has 0 saturated carbocycles. The van der Waals surface area contributed by atoms with Gasteiger partial charge in [-0.1, -0.05) is 41.4 Å². The zero-order chi connectivity index (χ0) is 21.9. The molecule has 0 fully saturated rings. The number of hydrogen-bond acceptors (Lipinski definition) is 4. The molecule has 1 aromatic carbocycles. The minimum Gasteiger partial charge on any atom is -0.356 e. The van der Waals surface area contributed by atoms with Crippen molar-refractivity contribution in [3.63, 3.8) is 0 Å². The quantitative estimate of drug-likeness (QED) is 0.565. The summed E-state index contributed by atoms with van der Waals surface area (Å²) >= 11 is 5.80. The van der Waals surface area contributed by atoms with Gasteiger partial charge in [-0.15, -0.1) is 10.2 Å². The molecular formula is C20H18ClF3N4O2. The minimum atomic E-state index is -4.62. The van der Waals surface area contributed by atoms with Crippen molar-refractivity contribution in [2.24, 2.45) is 0 Å². The number of benzene rings is 1. The fourth-order valence-electron chi connectivity index (χ4n) is 2.90. The summed E-state index contributed by atoms with van der Waals surface area (Å²) in [5.41, 5.74) is 0.249. The van der Waals surface area contributed by atoms with E-state index < -0.39 is 11.7 Å². The van der Waals surface area contributed by atoms with Crippen molar-refractivity contribution in [3.05, 3.63) is 64.1 Å². The molecule has 0 radical (unpaired) electrons. The zero-order valence-corrected chi connectivity index (χ0v) is 16.7. The molecule has 1 amide bonds. The highest BCUT2D eigenvalue weighted by Crippen LogP contribution is 2.33. The first-order valence-electron chi connectivity index (χ1n) is 9.12. The monoisotopic (exact) mass is 438 g/mol. The van der Waals surface area contributed by atoms with Crippen molar-refractivity contribution >= 4 is 28.9 Å². The Morgan fingerprint density at radius 1 is 1.13 bits per heavy atom. The van der Waals surface area contributed by atoms with Crippen LogP contribution in [-0.4, -0.2) is 32.8 Å². The summed E-state index contributed by atoms with van der Waals surface area (Å²) in [6, 6.07) is 7.88. The first-order valence-corrected chi connectivity index (χ1v) is 9.50. The molecule has 0 atom stereocenters. The number of Topliss-reactive ketones (excluding diaryl/α,β-unsaturated/α-hetero) is 1. The summed E-state index contributed by atoms with van der Waals surface area (Å²) in [6.45, 7) is 2.05. The van der Waals surface area contributed by atoms with Crippen LogP contribution in [0.5, 0.6) is 0 Å². The Kier molecular flexibility index (Phi) is 6.40. The summed E-state index contributed by atoms with van der Waals surface area (Å²) in [6.07, 6.45) is -3.10. The lowest BCUT2D eigenvalue weighted by Gasteiger charge is -2.09. The number of pyridine rings is 1. The van der Waals surface area contributed by atoms with Crippen molar-refractivity contribution in [3.8, 4) is 0 Å². The molecule has 0 unspecified atom stereocenters. The highest BCUT2D eigenvalue weighted by Gasteiger charge is 2.35. The van der Waals surface area contributed by atoms with Crippen molar-refractivity contribution in [2.45, 2.75) is 32.4 Å². The number of halogens is 4. The second-order valence-electron chi connectivity index (χ2n) is 6.77. The average Bonchev–Trinajstić information content (AvgIpc) is 3.08. The van der Waals surface area contributed by atoms with Gasteiger partial charge in [0.05, 0.1) is 5.02 Å². The highest BCUT2D eigenvalue weighted by molar-refractivity contribution is 6.30. The molecule has 3 aromatic rings. The predicted octanol–water partition coefficient (Wildman–Crippen LogP) is 4.03. The maximum absolute atomic E-state index is 13.1. The van der Waals surface area contributed by atoms with E-state index in [0.29, 0.717) is 5.56 Å². The molecule has 0 aliphatic heterocycles. The van der Waals surface area contributed by atoms with E-state index in [0.717, 1.165) is 16.0 Å². The van der Waals surface area contributed by atoms with Crippen molar-refractivity contribution in [2.75, 3.05) is 6.54 Å². The van der Waals surface area contributed by atoms with Gasteiger partial charge < -0.3 is 5.32 Å². The SMILES string of the molecule is Cc1ccc(C(=O)CCC(=O)NCCc2nnc3c(C(F)(F)F)cc(Cl)cn23)cc1. The third-order valence-corrected chi connectivity index (χ3v) is 4.68. The van der Waals surface area contributed by atoms with Crippen molar-refractivity contribution in [1.82, 2.24) is 19.9 Å². The third kappa shape index (κ3) is 5.15. The Bertz CT molecular complexity index is 1080. The normalized spacial score (nSPS) is 11.6. The number of amides is 1. The van der Waals surface area contributed by atoms with Gasteiger partial charge in [-0.05, 0) is 13.0 Å². The Morgan fingerprint density at radius 2 is 1.83 bits per heavy atom. The van der Waals surface area contributed by atoms with E-state index in [9.17, 15) is 22.8 Å². The fourth-order valence-corrected chi connectivity index (χ4v) is 3.10. The van der Waals surface area contributed by atoms with Crippen LogP contribution in [0.1, 0.15) is 40.2 Å². The number of carbonyl (C=O) groups excluding carboxylic acids is 2. The largest absolute Gasteiger partial charge is 0.420 e. The van der Waals surface area contributed by atoms with Gasteiger partial charge in [0.25, 0.3) is 0 Å². The van der Waals surface area contributed by atoms with E-state index in [4.69, 9.17) is 11.6 Å². The van der Waals surface area contributed by atoms with Crippen molar-refractivity contribution < 1.29 is 22.8 Å². The molecule has 6 nitrogen and oxygen atoms in total. The lowest BCUT2D eigenvalue weighted by atomic mass is 10.1. The van der Waals surface area contributed by atoms with Crippen LogP contribution in [0.25, 0.3) is 5.65 Å². The zero-order valence-electron chi connectivity index (χ0n) is 16.0. The summed E-state index contributed by atoms with van der Waals surface area (Å²) in [7, 11) is 0. The molecule has 158 valence electrons. The highest BCUT2D eigenvalue weighted by atomic mass is 35.5. The van der Waals surface area contributed by atoms with Crippen molar-refractivity contribution in [1.29, 1.82) is 0 Å². The second kappa shape index (κ2) is 8.83. The minimum absolute atomic E-state index is 0.0113. The van der Waals surface area contributed by atoms with E-state index in [1.807, 2.05) is 19.1 Å². The number of ketones is 1. The van der Waals surface area contributed by atoms with Crippen LogP contribution in [0.15, 0.2) is 36.5 Å². The van der Waals surface area contributed by atoms with Crippen LogP contribution >= 0.6 is 11.6 Å². The van der Waals surface area contributed by atoms with Gasteiger partial charge in [-0.3, -0.25) is 14.0 Å². The number of nitrogens with zero attached hydrogens (tertiary/aromatic N) is 3. The van der Waals surface area contributed by atoms with Gasteiger partial charge in [-0.2, -0.15) is 13.2 Å². The van der Waals surface area contributed by atoms with Crippen LogP contribution in [-0.2, 0) is 17.4 Å². The molecule has 2 heterocycles. The number of nitrogens with one attached hydrogen (secondary N) is 1. The van der Waals surface area contributed by atoms with Gasteiger partial charge in [0.2, 0.25) is 5.91 Å². The Morgan fingerprint density at radius 3 is 2.50 bits per heavy atom. The molecule has 3 rings (SSSR count). The lowest BCUT2D eigenvalue weighted by molar-refractivity contribution is -0.136. The number of fused-ring (bicyclic) bond motifs is 1. The Labute approximate surface area is 175 Å². The molecule has 1 N–H and O–H groups in total. The van der Waals surface area contributed by atoms with Gasteiger partial charge in [0.15, 0.2) is 11.4 Å². The van der Waals surface area contributed by atoms with Crippen LogP contribution in [0.4, 0.5) is 13.2 Å². The van der Waals surface area contributed by atoms with E-state index >= 15 is 0 Å². The first kappa shape index (κ1) is 21.8. The summed E-state index contributed by atoms with van der Waals surface area (Å²) in [4.78, 5) is 24.1. The molecule has 10 heteroatoms. The second-order valence-corrected chi connectivity index (χ2v) is 7.21. The number of aromatic nitrogens is 3. The van der Waals surface area contributed by atoms with E-state index in [1.165, 1.54) is 6.20 Å². The van der Waals surface area contributed by atoms with Crippen LogP contribution in [0, 0.1) is 6.92 Å². The molecule has 0 spiro atoms. The van der Waals surface area contributed by atoms with E-state index in [-0.39, 0.29) is 54.0 Å². The van der Waals surface area contributed by atoms with Gasteiger partial charge in [-0.25, -0.2) is 0 Å². The number of alkyl halides is 3. The number of rotatable bonds is 7. The van der Waals surface area contributed by atoms with Gasteiger partial charge >= 0.3 is 6.18 Å². The van der Waals surface area contributed by atoms with Crippen LogP contribution in [0.2, 0.25) is 5.02 Å². The summed E-state index contributed by atoms with van der Waals surface area (Å²) < 4.78 is 40.6. The molecule has 0 saturated heterocycles. The van der Waals surface area contributed by atoms with E-state index in [1.54, 1.807) is 12.1 Å². The number of carbonyl (C=O) groups is 2. The third-order valence-electron chi connectivity index (χ3n) is 4.47. The summed E-state index contributed by atoms with van der Waals surface area (Å²) in [5, 5.41) is 9.91. The van der Waals surface area contributed by atoms with Crippen LogP contribution in [0.3, 0.4) is 0 Å². The van der Waals surface area contributed by atoms with Gasteiger partial charge in [0, 0.05) is 37.6 Å². The smallest absolute Gasteiger partial charge is 0.356 e. The first-order chi connectivity index (χ1) is 14.1. The molecule has 0 aliphatic carbocycles. The Hall–Kier alpha value is -2.94. The maximum Gasteiger partial charge on any atom is 0.420 e. The maximum atomic E-state index is 13.1.